The Morgan fingerprint density at radius 2 is 2.04 bits per heavy atom. The van der Waals surface area contributed by atoms with Gasteiger partial charge in [0.05, 0.1) is 17.5 Å². The SMILES string of the molecule is Fc1ccc(F)c(-n2nc(OC[C@H]3CCCNC3)c3c(F)cccc32)c1. The molecule has 7 heteroatoms. The fourth-order valence-electron chi connectivity index (χ4n) is 3.29. The summed E-state index contributed by atoms with van der Waals surface area (Å²) < 4.78 is 49.2. The lowest BCUT2D eigenvalue weighted by Gasteiger charge is -2.22. The van der Waals surface area contributed by atoms with Crippen LogP contribution in [0.15, 0.2) is 36.4 Å². The van der Waals surface area contributed by atoms with Gasteiger partial charge in [-0.2, -0.15) is 0 Å². The summed E-state index contributed by atoms with van der Waals surface area (Å²) in [5, 5.41) is 7.69. The van der Waals surface area contributed by atoms with Crippen molar-refractivity contribution >= 4 is 10.9 Å². The van der Waals surface area contributed by atoms with Gasteiger partial charge in [0, 0.05) is 18.5 Å². The zero-order chi connectivity index (χ0) is 18.1. The highest BCUT2D eigenvalue weighted by Gasteiger charge is 2.21. The van der Waals surface area contributed by atoms with Crippen molar-refractivity contribution in [1.29, 1.82) is 0 Å². The number of hydrogen-bond acceptors (Lipinski definition) is 3. The molecule has 1 aromatic heterocycles. The number of hydrogen-bond donors (Lipinski definition) is 1. The molecule has 1 aliphatic heterocycles. The number of halogens is 3. The van der Waals surface area contributed by atoms with E-state index in [0.29, 0.717) is 18.0 Å². The summed E-state index contributed by atoms with van der Waals surface area (Å²) in [4.78, 5) is 0. The fraction of sp³-hybridized carbons (Fsp3) is 0.316. The van der Waals surface area contributed by atoms with Crippen molar-refractivity contribution in [2.75, 3.05) is 19.7 Å². The Kier molecular flexibility index (Phi) is 4.55. The van der Waals surface area contributed by atoms with E-state index in [2.05, 4.69) is 10.4 Å². The lowest BCUT2D eigenvalue weighted by molar-refractivity contribution is 0.213. The van der Waals surface area contributed by atoms with Crippen molar-refractivity contribution in [3.63, 3.8) is 0 Å². The Bertz CT molecular complexity index is 935. The predicted molar refractivity (Wildman–Crippen MR) is 92.0 cm³/mol. The maximum absolute atomic E-state index is 14.4. The van der Waals surface area contributed by atoms with Gasteiger partial charge in [0.1, 0.15) is 23.1 Å². The van der Waals surface area contributed by atoms with E-state index in [1.165, 1.54) is 16.8 Å². The molecule has 1 aliphatic rings. The van der Waals surface area contributed by atoms with E-state index in [9.17, 15) is 13.2 Å². The van der Waals surface area contributed by atoms with Crippen LogP contribution in [0.2, 0.25) is 0 Å². The third-order valence-electron chi connectivity index (χ3n) is 4.62. The van der Waals surface area contributed by atoms with Crippen LogP contribution in [-0.2, 0) is 0 Å². The molecule has 1 atom stereocenters. The minimum Gasteiger partial charge on any atom is -0.476 e. The van der Waals surface area contributed by atoms with Crippen molar-refractivity contribution in [2.45, 2.75) is 12.8 Å². The van der Waals surface area contributed by atoms with Gasteiger partial charge in [-0.1, -0.05) is 6.07 Å². The van der Waals surface area contributed by atoms with E-state index in [4.69, 9.17) is 4.74 Å². The van der Waals surface area contributed by atoms with E-state index in [1.807, 2.05) is 0 Å². The van der Waals surface area contributed by atoms with Gasteiger partial charge in [0.25, 0.3) is 0 Å². The van der Waals surface area contributed by atoms with E-state index < -0.39 is 17.5 Å². The molecule has 136 valence electrons. The molecule has 0 radical (unpaired) electrons. The fourth-order valence-corrected chi connectivity index (χ4v) is 3.29. The van der Waals surface area contributed by atoms with Gasteiger partial charge in [-0.05, 0) is 43.7 Å². The summed E-state index contributed by atoms with van der Waals surface area (Å²) in [6, 6.07) is 7.48. The molecule has 0 aliphatic carbocycles. The second-order valence-corrected chi connectivity index (χ2v) is 6.47. The molecular formula is C19H18F3N3O. The quantitative estimate of drug-likeness (QED) is 0.768. The Morgan fingerprint density at radius 1 is 1.15 bits per heavy atom. The van der Waals surface area contributed by atoms with Gasteiger partial charge >= 0.3 is 0 Å². The largest absolute Gasteiger partial charge is 0.476 e. The number of benzene rings is 2. The van der Waals surface area contributed by atoms with Gasteiger partial charge in [-0.25, -0.2) is 17.9 Å². The predicted octanol–water partition coefficient (Wildman–Crippen LogP) is 3.82. The molecule has 2 heterocycles. The highest BCUT2D eigenvalue weighted by atomic mass is 19.1. The molecule has 0 amide bonds. The van der Waals surface area contributed by atoms with Crippen molar-refractivity contribution in [3.8, 4) is 11.6 Å². The average molecular weight is 361 g/mol. The maximum atomic E-state index is 14.4. The number of fused-ring (bicyclic) bond motifs is 1. The molecule has 3 aromatic rings. The van der Waals surface area contributed by atoms with Crippen LogP contribution in [0.25, 0.3) is 16.6 Å². The van der Waals surface area contributed by atoms with E-state index in [0.717, 1.165) is 44.1 Å². The van der Waals surface area contributed by atoms with Gasteiger partial charge in [-0.3, -0.25) is 0 Å². The summed E-state index contributed by atoms with van der Waals surface area (Å²) in [5.74, 6) is -1.36. The minimum atomic E-state index is -0.650. The third-order valence-corrected chi connectivity index (χ3v) is 4.62. The molecule has 0 saturated carbocycles. The van der Waals surface area contributed by atoms with Gasteiger partial charge in [0.15, 0.2) is 0 Å². The summed E-state index contributed by atoms with van der Waals surface area (Å²) >= 11 is 0. The smallest absolute Gasteiger partial charge is 0.244 e. The number of nitrogens with zero attached hydrogens (tertiary/aromatic N) is 2. The van der Waals surface area contributed by atoms with Crippen LogP contribution in [-0.4, -0.2) is 29.5 Å². The highest BCUT2D eigenvalue weighted by Crippen LogP contribution is 2.31. The number of nitrogens with one attached hydrogen (secondary N) is 1. The van der Waals surface area contributed by atoms with Crippen LogP contribution < -0.4 is 10.1 Å². The first kappa shape index (κ1) is 16.9. The van der Waals surface area contributed by atoms with E-state index >= 15 is 0 Å². The van der Waals surface area contributed by atoms with Crippen LogP contribution in [0.3, 0.4) is 0 Å². The number of ether oxygens (including phenoxy) is 1. The average Bonchev–Trinajstić information content (AvgIpc) is 3.03. The van der Waals surface area contributed by atoms with Crippen molar-refractivity contribution < 1.29 is 17.9 Å². The van der Waals surface area contributed by atoms with Crippen molar-refractivity contribution in [1.82, 2.24) is 15.1 Å². The van der Waals surface area contributed by atoms with Gasteiger partial charge in [-0.15, -0.1) is 5.10 Å². The zero-order valence-electron chi connectivity index (χ0n) is 14.0. The lowest BCUT2D eigenvalue weighted by Crippen LogP contribution is -2.33. The molecule has 4 nitrogen and oxygen atoms in total. The van der Waals surface area contributed by atoms with Crippen molar-refractivity contribution in [2.24, 2.45) is 5.92 Å². The van der Waals surface area contributed by atoms with Crippen LogP contribution in [0.4, 0.5) is 13.2 Å². The lowest BCUT2D eigenvalue weighted by atomic mass is 10.0. The Balaban J connectivity index is 1.75. The number of aromatic nitrogens is 2. The Morgan fingerprint density at radius 3 is 2.85 bits per heavy atom. The molecule has 1 N–H and O–H groups in total. The summed E-state index contributed by atoms with van der Waals surface area (Å²) in [5.41, 5.74) is 0.237. The molecule has 0 unspecified atom stereocenters. The Hall–Kier alpha value is -2.54. The molecule has 1 fully saturated rings. The standard InChI is InChI=1S/C19H18F3N3O/c20-13-6-7-14(21)17(9-13)25-16-5-1-4-15(22)18(16)19(24-25)26-11-12-3-2-8-23-10-12/h1,4-7,9,12,23H,2-3,8,10-11H2/t12-/m0/s1. The molecule has 1 saturated heterocycles. The third kappa shape index (κ3) is 3.14. The summed E-state index contributed by atoms with van der Waals surface area (Å²) in [6.45, 7) is 2.21. The van der Waals surface area contributed by atoms with Gasteiger partial charge in [0.2, 0.25) is 5.88 Å². The molecule has 4 rings (SSSR count). The van der Waals surface area contributed by atoms with Crippen LogP contribution >= 0.6 is 0 Å². The molecule has 0 spiro atoms. The highest BCUT2D eigenvalue weighted by molar-refractivity contribution is 5.86. The first-order valence-corrected chi connectivity index (χ1v) is 8.59. The monoisotopic (exact) mass is 361 g/mol. The second kappa shape index (κ2) is 6.99. The molecular weight excluding hydrogens is 343 g/mol. The first-order chi connectivity index (χ1) is 12.6. The van der Waals surface area contributed by atoms with Crippen LogP contribution in [0.1, 0.15) is 12.8 Å². The summed E-state index contributed by atoms with van der Waals surface area (Å²) in [6.07, 6.45) is 2.08. The molecule has 2 aromatic carbocycles. The van der Waals surface area contributed by atoms with E-state index in [1.54, 1.807) is 6.07 Å². The number of piperidine rings is 1. The second-order valence-electron chi connectivity index (χ2n) is 6.47. The molecule has 26 heavy (non-hydrogen) atoms. The van der Waals surface area contributed by atoms with Gasteiger partial charge < -0.3 is 10.1 Å². The summed E-state index contributed by atoms with van der Waals surface area (Å²) in [7, 11) is 0. The minimum absolute atomic E-state index is 0.0882. The van der Waals surface area contributed by atoms with E-state index in [-0.39, 0.29) is 17.0 Å². The van der Waals surface area contributed by atoms with Crippen LogP contribution in [0, 0.1) is 23.4 Å². The number of rotatable bonds is 4. The zero-order valence-corrected chi connectivity index (χ0v) is 14.0. The first-order valence-electron chi connectivity index (χ1n) is 8.59. The normalized spacial score (nSPS) is 17.6. The van der Waals surface area contributed by atoms with Crippen LogP contribution in [0.5, 0.6) is 5.88 Å². The Labute approximate surface area is 148 Å². The topological polar surface area (TPSA) is 39.1 Å². The van der Waals surface area contributed by atoms with Crippen molar-refractivity contribution in [3.05, 3.63) is 53.8 Å². The maximum Gasteiger partial charge on any atom is 0.244 e. The molecule has 0 bridgehead atoms.